The SMILES string of the molecule is CC(Sc1ccccc1Cl)C(=O)Nc1ccc(F)cc1N. The molecule has 0 aliphatic heterocycles. The van der Waals surface area contributed by atoms with E-state index in [4.69, 9.17) is 17.3 Å². The van der Waals surface area contributed by atoms with Gasteiger partial charge >= 0.3 is 0 Å². The number of hydrogen-bond donors (Lipinski definition) is 2. The molecule has 110 valence electrons. The number of rotatable bonds is 4. The van der Waals surface area contributed by atoms with Crippen LogP contribution in [0.2, 0.25) is 5.02 Å². The molecule has 3 N–H and O–H groups in total. The van der Waals surface area contributed by atoms with Crippen LogP contribution < -0.4 is 11.1 Å². The molecular weight excluding hydrogens is 311 g/mol. The summed E-state index contributed by atoms with van der Waals surface area (Å²) < 4.78 is 13.0. The lowest BCUT2D eigenvalue weighted by Crippen LogP contribution is -2.23. The predicted octanol–water partition coefficient (Wildman–Crippen LogP) is 4.18. The van der Waals surface area contributed by atoms with Gasteiger partial charge in [-0.15, -0.1) is 11.8 Å². The monoisotopic (exact) mass is 324 g/mol. The van der Waals surface area contributed by atoms with Crippen LogP contribution in [0.4, 0.5) is 15.8 Å². The number of amides is 1. The second-order valence-electron chi connectivity index (χ2n) is 4.41. The Morgan fingerprint density at radius 3 is 2.71 bits per heavy atom. The lowest BCUT2D eigenvalue weighted by atomic mass is 10.2. The Balaban J connectivity index is 2.04. The van der Waals surface area contributed by atoms with Crippen molar-refractivity contribution in [1.82, 2.24) is 0 Å². The van der Waals surface area contributed by atoms with Crippen molar-refractivity contribution in [3.05, 3.63) is 53.3 Å². The minimum Gasteiger partial charge on any atom is -0.397 e. The average Bonchev–Trinajstić information content (AvgIpc) is 2.44. The third kappa shape index (κ3) is 4.12. The smallest absolute Gasteiger partial charge is 0.237 e. The molecule has 6 heteroatoms. The molecule has 0 aliphatic rings. The largest absolute Gasteiger partial charge is 0.397 e. The summed E-state index contributed by atoms with van der Waals surface area (Å²) in [5.41, 5.74) is 6.25. The number of hydrogen-bond acceptors (Lipinski definition) is 3. The fourth-order valence-corrected chi connectivity index (χ4v) is 2.82. The number of carbonyl (C=O) groups excluding carboxylic acids is 1. The van der Waals surface area contributed by atoms with Gasteiger partial charge in [0.2, 0.25) is 5.91 Å². The number of benzene rings is 2. The van der Waals surface area contributed by atoms with Gasteiger partial charge in [-0.2, -0.15) is 0 Å². The fourth-order valence-electron chi connectivity index (χ4n) is 1.67. The van der Waals surface area contributed by atoms with E-state index in [0.29, 0.717) is 10.7 Å². The van der Waals surface area contributed by atoms with Crippen LogP contribution in [0, 0.1) is 5.82 Å². The van der Waals surface area contributed by atoms with Gasteiger partial charge in [-0.05, 0) is 37.3 Å². The fraction of sp³-hybridized carbons (Fsp3) is 0.133. The van der Waals surface area contributed by atoms with E-state index in [1.165, 1.54) is 30.0 Å². The van der Waals surface area contributed by atoms with Crippen molar-refractivity contribution in [2.45, 2.75) is 17.1 Å². The summed E-state index contributed by atoms with van der Waals surface area (Å²) in [6.45, 7) is 1.77. The van der Waals surface area contributed by atoms with Crippen LogP contribution in [0.3, 0.4) is 0 Å². The second kappa shape index (κ2) is 6.83. The standard InChI is InChI=1S/C15H14ClFN2OS/c1-9(21-14-5-3-2-4-11(14)16)15(20)19-13-7-6-10(17)8-12(13)18/h2-9H,18H2,1H3,(H,19,20). The molecule has 1 atom stereocenters. The van der Waals surface area contributed by atoms with Gasteiger partial charge in [-0.3, -0.25) is 4.79 Å². The van der Waals surface area contributed by atoms with Gasteiger partial charge in [0, 0.05) is 4.90 Å². The highest BCUT2D eigenvalue weighted by Gasteiger charge is 2.16. The molecule has 1 amide bonds. The first-order valence-electron chi connectivity index (χ1n) is 6.24. The van der Waals surface area contributed by atoms with Crippen LogP contribution in [0.5, 0.6) is 0 Å². The van der Waals surface area contributed by atoms with Gasteiger partial charge in [0.15, 0.2) is 0 Å². The molecule has 1 unspecified atom stereocenters. The summed E-state index contributed by atoms with van der Waals surface area (Å²) in [6.07, 6.45) is 0. The summed E-state index contributed by atoms with van der Waals surface area (Å²) >= 11 is 7.41. The third-order valence-electron chi connectivity index (χ3n) is 2.78. The number of thioether (sulfide) groups is 1. The maximum Gasteiger partial charge on any atom is 0.237 e. The van der Waals surface area contributed by atoms with Crippen molar-refractivity contribution in [2.75, 3.05) is 11.1 Å². The second-order valence-corrected chi connectivity index (χ2v) is 6.20. The van der Waals surface area contributed by atoms with Crippen molar-refractivity contribution in [2.24, 2.45) is 0 Å². The van der Waals surface area contributed by atoms with E-state index in [0.717, 1.165) is 4.90 Å². The topological polar surface area (TPSA) is 55.1 Å². The molecule has 0 radical (unpaired) electrons. The Labute approximate surface area is 131 Å². The van der Waals surface area contributed by atoms with Gasteiger partial charge in [-0.25, -0.2) is 4.39 Å². The first-order valence-corrected chi connectivity index (χ1v) is 7.50. The number of anilines is 2. The van der Waals surface area contributed by atoms with Crippen LogP contribution >= 0.6 is 23.4 Å². The average molecular weight is 325 g/mol. The quantitative estimate of drug-likeness (QED) is 0.655. The van der Waals surface area contributed by atoms with E-state index in [1.807, 2.05) is 18.2 Å². The molecule has 2 aromatic rings. The van der Waals surface area contributed by atoms with Crippen LogP contribution in [0.15, 0.2) is 47.4 Å². The lowest BCUT2D eigenvalue weighted by Gasteiger charge is -2.14. The molecule has 0 aliphatic carbocycles. The van der Waals surface area contributed by atoms with E-state index in [1.54, 1.807) is 13.0 Å². The van der Waals surface area contributed by atoms with Gasteiger partial charge < -0.3 is 11.1 Å². The summed E-state index contributed by atoms with van der Waals surface area (Å²) in [4.78, 5) is 13.0. The summed E-state index contributed by atoms with van der Waals surface area (Å²) in [6, 6.07) is 11.2. The third-order valence-corrected chi connectivity index (χ3v) is 4.40. The van der Waals surface area contributed by atoms with Gasteiger partial charge in [0.05, 0.1) is 21.6 Å². The van der Waals surface area contributed by atoms with Gasteiger partial charge in [-0.1, -0.05) is 23.7 Å². The molecule has 0 saturated heterocycles. The normalized spacial score (nSPS) is 12.0. The lowest BCUT2D eigenvalue weighted by molar-refractivity contribution is -0.115. The molecule has 0 aromatic heterocycles. The van der Waals surface area contributed by atoms with E-state index >= 15 is 0 Å². The Kier molecular flexibility index (Phi) is 5.09. The Morgan fingerprint density at radius 1 is 1.33 bits per heavy atom. The van der Waals surface area contributed by atoms with Crippen molar-refractivity contribution < 1.29 is 9.18 Å². The highest BCUT2D eigenvalue weighted by Crippen LogP contribution is 2.30. The van der Waals surface area contributed by atoms with E-state index in [2.05, 4.69) is 5.32 Å². The molecule has 0 bridgehead atoms. The maximum absolute atomic E-state index is 13.0. The zero-order valence-corrected chi connectivity index (χ0v) is 12.8. The van der Waals surface area contributed by atoms with Crippen molar-refractivity contribution >= 4 is 40.6 Å². The highest BCUT2D eigenvalue weighted by atomic mass is 35.5. The van der Waals surface area contributed by atoms with Crippen LogP contribution in [-0.2, 0) is 4.79 Å². The summed E-state index contributed by atoms with van der Waals surface area (Å²) in [5.74, 6) is -0.665. The molecule has 0 fully saturated rings. The van der Waals surface area contributed by atoms with Gasteiger partial charge in [0.1, 0.15) is 5.82 Å². The molecule has 2 rings (SSSR count). The van der Waals surface area contributed by atoms with Crippen molar-refractivity contribution in [3.8, 4) is 0 Å². The predicted molar refractivity (Wildman–Crippen MR) is 86.2 cm³/mol. The van der Waals surface area contributed by atoms with Crippen molar-refractivity contribution in [3.63, 3.8) is 0 Å². The molecule has 0 saturated carbocycles. The molecule has 3 nitrogen and oxygen atoms in total. The molecule has 0 spiro atoms. The number of carbonyl (C=O) groups is 1. The molecule has 2 aromatic carbocycles. The zero-order chi connectivity index (χ0) is 15.4. The zero-order valence-electron chi connectivity index (χ0n) is 11.3. The number of nitrogens with one attached hydrogen (secondary N) is 1. The van der Waals surface area contributed by atoms with Crippen LogP contribution in [-0.4, -0.2) is 11.2 Å². The number of nitrogens with two attached hydrogens (primary N) is 1. The van der Waals surface area contributed by atoms with E-state index in [-0.39, 0.29) is 16.8 Å². The minimum atomic E-state index is -0.441. The van der Waals surface area contributed by atoms with Gasteiger partial charge in [0.25, 0.3) is 0 Å². The Hall–Kier alpha value is -1.72. The number of halogens is 2. The molecular formula is C15H14ClFN2OS. The van der Waals surface area contributed by atoms with E-state index in [9.17, 15) is 9.18 Å². The summed E-state index contributed by atoms with van der Waals surface area (Å²) in [7, 11) is 0. The minimum absolute atomic E-state index is 0.193. The Morgan fingerprint density at radius 2 is 2.05 bits per heavy atom. The van der Waals surface area contributed by atoms with Crippen LogP contribution in [0.1, 0.15) is 6.92 Å². The first-order chi connectivity index (χ1) is 9.97. The first kappa shape index (κ1) is 15.7. The Bertz CT molecular complexity index is 666. The van der Waals surface area contributed by atoms with Crippen LogP contribution in [0.25, 0.3) is 0 Å². The molecule has 0 heterocycles. The number of nitrogen functional groups attached to an aromatic ring is 1. The highest BCUT2D eigenvalue weighted by molar-refractivity contribution is 8.00. The molecule has 21 heavy (non-hydrogen) atoms. The summed E-state index contributed by atoms with van der Waals surface area (Å²) in [5, 5.41) is 2.92. The van der Waals surface area contributed by atoms with Crippen molar-refractivity contribution in [1.29, 1.82) is 0 Å². The van der Waals surface area contributed by atoms with E-state index < -0.39 is 5.82 Å². The maximum atomic E-state index is 13.0.